The third-order valence-electron chi connectivity index (χ3n) is 9.54. The van der Waals surface area contributed by atoms with Crippen LogP contribution in [0.5, 0.6) is 5.75 Å². The summed E-state index contributed by atoms with van der Waals surface area (Å²) in [6.07, 6.45) is 5.68. The van der Waals surface area contributed by atoms with Crippen molar-refractivity contribution >= 4 is 11.8 Å². The highest BCUT2D eigenvalue weighted by Gasteiger charge is 2.53. The number of hydrogen-bond acceptors (Lipinski definition) is 5. The number of amides is 2. The van der Waals surface area contributed by atoms with E-state index in [2.05, 4.69) is 29.4 Å². The van der Waals surface area contributed by atoms with Crippen LogP contribution >= 0.6 is 0 Å². The zero-order valence-electron chi connectivity index (χ0n) is 22.5. The molecule has 0 aromatic heterocycles. The molecule has 36 heavy (non-hydrogen) atoms. The lowest BCUT2D eigenvalue weighted by Gasteiger charge is -2.56. The van der Waals surface area contributed by atoms with E-state index < -0.39 is 6.10 Å². The van der Waals surface area contributed by atoms with Crippen molar-refractivity contribution in [1.29, 1.82) is 0 Å². The van der Waals surface area contributed by atoms with Gasteiger partial charge in [-0.15, -0.1) is 0 Å². The van der Waals surface area contributed by atoms with E-state index in [1.165, 1.54) is 12.8 Å². The Hall–Kier alpha value is -2.12. The molecule has 1 aliphatic heterocycles. The number of carbonyl (C=O) groups is 2. The average molecular weight is 500 g/mol. The third kappa shape index (κ3) is 5.72. The summed E-state index contributed by atoms with van der Waals surface area (Å²) in [5, 5.41) is 18.0. The van der Waals surface area contributed by atoms with Crippen molar-refractivity contribution in [1.82, 2.24) is 15.5 Å². The summed E-state index contributed by atoms with van der Waals surface area (Å²) < 4.78 is 5.20. The second-order valence-electron chi connectivity index (χ2n) is 11.7. The number of methoxy groups -OCH3 is 1. The highest BCUT2D eigenvalue weighted by molar-refractivity contribution is 5.94. The first kappa shape index (κ1) is 26.9. The molecule has 2 aliphatic carbocycles. The lowest BCUT2D eigenvalue weighted by Crippen LogP contribution is -2.58. The predicted molar refractivity (Wildman–Crippen MR) is 141 cm³/mol. The number of hydrogen-bond donors (Lipinski definition) is 3. The van der Waals surface area contributed by atoms with Gasteiger partial charge in [0.2, 0.25) is 5.91 Å². The van der Waals surface area contributed by atoms with E-state index in [0.29, 0.717) is 12.1 Å². The molecule has 3 N–H and O–H groups in total. The van der Waals surface area contributed by atoms with Gasteiger partial charge in [-0.1, -0.05) is 20.8 Å². The van der Waals surface area contributed by atoms with Gasteiger partial charge in [0.1, 0.15) is 5.75 Å². The Morgan fingerprint density at radius 1 is 1.17 bits per heavy atom. The van der Waals surface area contributed by atoms with Crippen molar-refractivity contribution in [3.8, 4) is 5.75 Å². The average Bonchev–Trinajstić information content (AvgIpc) is 3.39. The van der Waals surface area contributed by atoms with Crippen LogP contribution in [0.3, 0.4) is 0 Å². The quantitative estimate of drug-likeness (QED) is 0.510. The fourth-order valence-corrected chi connectivity index (χ4v) is 7.19. The summed E-state index contributed by atoms with van der Waals surface area (Å²) in [5.41, 5.74) is 0.639. The monoisotopic (exact) mass is 499 g/mol. The molecule has 1 unspecified atom stereocenters. The van der Waals surface area contributed by atoms with Crippen LogP contribution in [0.1, 0.15) is 69.7 Å². The minimum absolute atomic E-state index is 0.00401. The summed E-state index contributed by atoms with van der Waals surface area (Å²) in [6.45, 7) is 10.2. The van der Waals surface area contributed by atoms with Crippen molar-refractivity contribution in [3.05, 3.63) is 29.8 Å². The van der Waals surface area contributed by atoms with Gasteiger partial charge in [0.05, 0.1) is 13.2 Å². The SMILES string of the molecule is COc1ccc(C(=O)N[C@H]2CC[C@]3(C)CCC([C@H](C)C(=O)NCCN4CCCC4)[C@H](O)[C@H]3[C@@H]2C)cc1. The molecule has 0 spiro atoms. The number of aliphatic hydroxyl groups is 1. The van der Waals surface area contributed by atoms with E-state index >= 15 is 0 Å². The predicted octanol–water partition coefficient (Wildman–Crippen LogP) is 3.47. The molecular formula is C29H45N3O4. The Morgan fingerprint density at radius 2 is 1.83 bits per heavy atom. The normalized spacial score (nSPS) is 33.4. The molecule has 3 fully saturated rings. The third-order valence-corrected chi connectivity index (χ3v) is 9.54. The van der Waals surface area contributed by atoms with Gasteiger partial charge in [-0.05, 0) is 99.0 Å². The van der Waals surface area contributed by atoms with Crippen LogP contribution in [-0.4, -0.2) is 67.3 Å². The molecule has 7 nitrogen and oxygen atoms in total. The van der Waals surface area contributed by atoms with E-state index in [9.17, 15) is 14.7 Å². The standard InChI is InChI=1S/C29H45N3O4/c1-19(27(34)30-15-18-32-16-5-6-17-32)23-11-13-29(3)14-12-24(20(2)25(29)26(23)33)31-28(35)21-7-9-22(36-4)10-8-21/h7-10,19-20,23-26,33H,5-6,11-18H2,1-4H3,(H,30,34)(H,31,35)/t19-,20+,23?,24-,25+,26-,29-/m0/s1. The van der Waals surface area contributed by atoms with Crippen LogP contribution in [0.15, 0.2) is 24.3 Å². The molecule has 2 amide bonds. The molecule has 1 aromatic carbocycles. The molecule has 7 heteroatoms. The Balaban J connectivity index is 1.37. The molecule has 0 radical (unpaired) electrons. The lowest BCUT2D eigenvalue weighted by molar-refractivity contribution is -0.141. The molecule has 200 valence electrons. The smallest absolute Gasteiger partial charge is 0.251 e. The number of fused-ring (bicyclic) bond motifs is 1. The summed E-state index contributed by atoms with van der Waals surface area (Å²) >= 11 is 0. The maximum absolute atomic E-state index is 13.0. The van der Waals surface area contributed by atoms with Crippen LogP contribution in [0.25, 0.3) is 0 Å². The summed E-state index contributed by atoms with van der Waals surface area (Å²) in [6, 6.07) is 7.14. The van der Waals surface area contributed by atoms with Gasteiger partial charge < -0.3 is 25.4 Å². The van der Waals surface area contributed by atoms with Crippen molar-refractivity contribution in [3.63, 3.8) is 0 Å². The molecule has 1 saturated heterocycles. The van der Waals surface area contributed by atoms with E-state index in [-0.39, 0.29) is 46.9 Å². The fourth-order valence-electron chi connectivity index (χ4n) is 7.19. The molecular weight excluding hydrogens is 454 g/mol. The van der Waals surface area contributed by atoms with Gasteiger partial charge in [-0.2, -0.15) is 0 Å². The highest BCUT2D eigenvalue weighted by atomic mass is 16.5. The van der Waals surface area contributed by atoms with Crippen molar-refractivity contribution in [2.24, 2.45) is 29.1 Å². The van der Waals surface area contributed by atoms with Gasteiger partial charge in [-0.3, -0.25) is 9.59 Å². The first-order valence-corrected chi connectivity index (χ1v) is 13.9. The Kier molecular flexibility index (Phi) is 8.61. The highest BCUT2D eigenvalue weighted by Crippen LogP contribution is 2.55. The van der Waals surface area contributed by atoms with Crippen LogP contribution in [-0.2, 0) is 4.79 Å². The maximum atomic E-state index is 13.0. The molecule has 4 rings (SSSR count). The number of aliphatic hydroxyl groups excluding tert-OH is 1. The second kappa shape index (κ2) is 11.5. The second-order valence-corrected chi connectivity index (χ2v) is 11.7. The van der Waals surface area contributed by atoms with Crippen LogP contribution in [0.2, 0.25) is 0 Å². The molecule has 0 bridgehead atoms. The van der Waals surface area contributed by atoms with E-state index in [4.69, 9.17) is 4.74 Å². The Bertz CT molecular complexity index is 900. The zero-order chi connectivity index (χ0) is 25.9. The van der Waals surface area contributed by atoms with Crippen LogP contribution in [0.4, 0.5) is 0 Å². The maximum Gasteiger partial charge on any atom is 0.251 e. The van der Waals surface area contributed by atoms with Crippen molar-refractivity contribution in [2.45, 2.75) is 71.4 Å². The van der Waals surface area contributed by atoms with Crippen LogP contribution < -0.4 is 15.4 Å². The largest absolute Gasteiger partial charge is 0.497 e. The number of benzene rings is 1. The number of rotatable bonds is 8. The van der Waals surface area contributed by atoms with E-state index in [1.807, 2.05) is 6.92 Å². The molecule has 1 heterocycles. The Morgan fingerprint density at radius 3 is 2.50 bits per heavy atom. The number of ether oxygens (including phenoxy) is 1. The van der Waals surface area contributed by atoms with Crippen molar-refractivity contribution < 1.29 is 19.4 Å². The van der Waals surface area contributed by atoms with E-state index in [1.54, 1.807) is 31.4 Å². The van der Waals surface area contributed by atoms with Gasteiger partial charge in [0, 0.05) is 30.6 Å². The van der Waals surface area contributed by atoms with E-state index in [0.717, 1.165) is 51.1 Å². The van der Waals surface area contributed by atoms with Gasteiger partial charge in [0.15, 0.2) is 0 Å². The molecule has 7 atom stereocenters. The summed E-state index contributed by atoms with van der Waals surface area (Å²) in [7, 11) is 1.61. The summed E-state index contributed by atoms with van der Waals surface area (Å²) in [4.78, 5) is 28.4. The fraction of sp³-hybridized carbons (Fsp3) is 0.724. The first-order valence-electron chi connectivity index (χ1n) is 13.9. The minimum Gasteiger partial charge on any atom is -0.497 e. The molecule has 1 aromatic rings. The number of nitrogens with one attached hydrogen (secondary N) is 2. The first-order chi connectivity index (χ1) is 17.2. The topological polar surface area (TPSA) is 90.9 Å². The zero-order valence-corrected chi connectivity index (χ0v) is 22.5. The summed E-state index contributed by atoms with van der Waals surface area (Å²) in [5.74, 6) is 0.553. The molecule has 3 aliphatic rings. The minimum atomic E-state index is -0.557. The van der Waals surface area contributed by atoms with Gasteiger partial charge in [-0.25, -0.2) is 0 Å². The Labute approximate surface area is 216 Å². The van der Waals surface area contributed by atoms with Gasteiger partial charge >= 0.3 is 0 Å². The number of nitrogens with zero attached hydrogens (tertiary/aromatic N) is 1. The number of carbonyl (C=O) groups excluding carboxylic acids is 2. The lowest BCUT2D eigenvalue weighted by atomic mass is 9.51. The van der Waals surface area contributed by atoms with Gasteiger partial charge in [0.25, 0.3) is 5.91 Å². The number of likely N-dealkylation sites (tertiary alicyclic amines) is 1. The molecule has 2 saturated carbocycles. The van der Waals surface area contributed by atoms with Crippen molar-refractivity contribution in [2.75, 3.05) is 33.3 Å². The van der Waals surface area contributed by atoms with Crippen LogP contribution in [0, 0.1) is 29.1 Å².